The SMILES string of the molecule is Fc1cccc2ncnc(N[C@H]3C[C@H]4CO[C@@H](C5CC5)CN4C3)c12. The molecule has 3 fully saturated rings. The second-order valence-corrected chi connectivity index (χ2v) is 7.25. The predicted octanol–water partition coefficient (Wildman–Crippen LogP) is 2.43. The van der Waals surface area contributed by atoms with Crippen LogP contribution in [0.15, 0.2) is 24.5 Å². The van der Waals surface area contributed by atoms with Crippen molar-refractivity contribution in [2.24, 2.45) is 5.92 Å². The third-order valence-corrected chi connectivity index (χ3v) is 5.55. The summed E-state index contributed by atoms with van der Waals surface area (Å²) < 4.78 is 20.3. The van der Waals surface area contributed by atoms with Crippen molar-refractivity contribution in [3.63, 3.8) is 0 Å². The van der Waals surface area contributed by atoms with E-state index in [0.29, 0.717) is 28.9 Å². The Bertz CT molecular complexity index is 761. The van der Waals surface area contributed by atoms with E-state index in [1.54, 1.807) is 6.07 Å². The van der Waals surface area contributed by atoms with Gasteiger partial charge in [0.15, 0.2) is 0 Å². The zero-order valence-corrected chi connectivity index (χ0v) is 13.5. The van der Waals surface area contributed by atoms with Crippen molar-refractivity contribution < 1.29 is 9.13 Å². The van der Waals surface area contributed by atoms with E-state index in [1.165, 1.54) is 25.2 Å². The number of rotatable bonds is 3. The molecule has 5 nitrogen and oxygen atoms in total. The topological polar surface area (TPSA) is 50.3 Å². The number of hydrogen-bond acceptors (Lipinski definition) is 5. The van der Waals surface area contributed by atoms with Crippen LogP contribution in [-0.2, 0) is 4.74 Å². The molecule has 0 radical (unpaired) electrons. The van der Waals surface area contributed by atoms with Gasteiger partial charge < -0.3 is 10.1 Å². The van der Waals surface area contributed by atoms with Crippen molar-refractivity contribution >= 4 is 16.7 Å². The molecule has 1 N–H and O–H groups in total. The van der Waals surface area contributed by atoms with E-state index in [9.17, 15) is 4.39 Å². The Hall–Kier alpha value is -1.79. The van der Waals surface area contributed by atoms with E-state index in [1.807, 2.05) is 6.07 Å². The number of nitrogens with zero attached hydrogens (tertiary/aromatic N) is 3. The van der Waals surface area contributed by atoms with Crippen LogP contribution >= 0.6 is 0 Å². The van der Waals surface area contributed by atoms with Crippen LogP contribution < -0.4 is 5.32 Å². The Labute approximate surface area is 140 Å². The summed E-state index contributed by atoms with van der Waals surface area (Å²) >= 11 is 0. The number of nitrogens with one attached hydrogen (secondary N) is 1. The summed E-state index contributed by atoms with van der Waals surface area (Å²) in [7, 11) is 0. The monoisotopic (exact) mass is 328 g/mol. The van der Waals surface area contributed by atoms with Gasteiger partial charge in [-0.25, -0.2) is 14.4 Å². The molecule has 0 bridgehead atoms. The maximum absolute atomic E-state index is 14.2. The molecule has 24 heavy (non-hydrogen) atoms. The number of halogens is 1. The Kier molecular flexibility index (Phi) is 3.41. The summed E-state index contributed by atoms with van der Waals surface area (Å²) in [5.41, 5.74) is 0.639. The average molecular weight is 328 g/mol. The van der Waals surface area contributed by atoms with Crippen LogP contribution in [0.2, 0.25) is 0 Å². The first kappa shape index (κ1) is 14.5. The minimum atomic E-state index is -0.275. The number of aromatic nitrogens is 2. The van der Waals surface area contributed by atoms with E-state index in [4.69, 9.17) is 4.74 Å². The third kappa shape index (κ3) is 2.54. The van der Waals surface area contributed by atoms with E-state index in [-0.39, 0.29) is 11.9 Å². The van der Waals surface area contributed by atoms with Gasteiger partial charge in [-0.15, -0.1) is 0 Å². The highest BCUT2D eigenvalue weighted by atomic mass is 19.1. The second kappa shape index (κ2) is 5.63. The van der Waals surface area contributed by atoms with Crippen LogP contribution in [0.1, 0.15) is 19.3 Å². The van der Waals surface area contributed by atoms with Gasteiger partial charge in [0.1, 0.15) is 18.0 Å². The molecule has 0 unspecified atom stereocenters. The van der Waals surface area contributed by atoms with Gasteiger partial charge in [-0.2, -0.15) is 0 Å². The minimum absolute atomic E-state index is 0.272. The quantitative estimate of drug-likeness (QED) is 0.938. The molecule has 3 atom stereocenters. The molecule has 1 aliphatic carbocycles. The molecular weight excluding hydrogens is 307 g/mol. The predicted molar refractivity (Wildman–Crippen MR) is 89.3 cm³/mol. The first-order valence-electron chi connectivity index (χ1n) is 8.79. The van der Waals surface area contributed by atoms with Crippen LogP contribution in [-0.4, -0.2) is 52.8 Å². The van der Waals surface area contributed by atoms with Crippen molar-refractivity contribution in [1.29, 1.82) is 0 Å². The highest BCUT2D eigenvalue weighted by Crippen LogP contribution is 2.38. The lowest BCUT2D eigenvalue weighted by Gasteiger charge is -2.35. The first-order chi connectivity index (χ1) is 11.8. The number of morpholine rings is 1. The zero-order chi connectivity index (χ0) is 16.1. The Morgan fingerprint density at radius 3 is 3.00 bits per heavy atom. The van der Waals surface area contributed by atoms with Crippen LogP contribution in [0.3, 0.4) is 0 Å². The van der Waals surface area contributed by atoms with Gasteiger partial charge in [0.25, 0.3) is 0 Å². The maximum Gasteiger partial charge on any atom is 0.140 e. The lowest BCUT2D eigenvalue weighted by Crippen LogP contribution is -2.47. The standard InChI is InChI=1S/C18H21FN4O/c19-14-2-1-3-15-17(14)18(21-10-20-15)22-12-6-13-9-24-16(11-4-5-11)8-23(13)7-12/h1-3,10-13,16H,4-9H2,(H,20,21,22)/t12-,13-,16+/m0/s1. The summed E-state index contributed by atoms with van der Waals surface area (Å²) in [5.74, 6) is 1.10. The fourth-order valence-electron chi connectivity index (χ4n) is 4.13. The van der Waals surface area contributed by atoms with Crippen molar-refractivity contribution in [1.82, 2.24) is 14.9 Å². The van der Waals surface area contributed by atoms with Crippen LogP contribution in [0, 0.1) is 11.7 Å². The van der Waals surface area contributed by atoms with Gasteiger partial charge in [0, 0.05) is 25.2 Å². The zero-order valence-electron chi connectivity index (χ0n) is 13.5. The summed E-state index contributed by atoms with van der Waals surface area (Å²) in [5, 5.41) is 3.94. The minimum Gasteiger partial charge on any atom is -0.375 e. The molecule has 1 aromatic heterocycles. The average Bonchev–Trinajstić information content (AvgIpc) is 3.35. The molecule has 3 heterocycles. The van der Waals surface area contributed by atoms with E-state index in [2.05, 4.69) is 20.2 Å². The molecule has 2 saturated heterocycles. The summed E-state index contributed by atoms with van der Waals surface area (Å²) in [6.45, 7) is 2.82. The first-order valence-corrected chi connectivity index (χ1v) is 8.79. The smallest absolute Gasteiger partial charge is 0.140 e. The Morgan fingerprint density at radius 2 is 2.12 bits per heavy atom. The van der Waals surface area contributed by atoms with Gasteiger partial charge in [-0.3, -0.25) is 4.90 Å². The Balaban J connectivity index is 1.34. The number of ether oxygens (including phenoxy) is 1. The van der Waals surface area contributed by atoms with Crippen LogP contribution in [0.4, 0.5) is 10.2 Å². The highest BCUT2D eigenvalue weighted by Gasteiger charge is 2.42. The highest BCUT2D eigenvalue weighted by molar-refractivity contribution is 5.89. The molecule has 0 amide bonds. The number of hydrogen-bond donors (Lipinski definition) is 1. The van der Waals surface area contributed by atoms with Crippen molar-refractivity contribution in [2.45, 2.75) is 37.5 Å². The van der Waals surface area contributed by atoms with E-state index < -0.39 is 0 Å². The normalized spacial score (nSPS) is 30.5. The molecular formula is C18H21FN4O. The molecule has 5 rings (SSSR count). The van der Waals surface area contributed by atoms with E-state index in [0.717, 1.165) is 32.0 Å². The largest absolute Gasteiger partial charge is 0.375 e. The summed E-state index contributed by atoms with van der Waals surface area (Å²) in [6, 6.07) is 5.70. The molecule has 3 aliphatic rings. The lowest BCUT2D eigenvalue weighted by atomic mass is 10.1. The van der Waals surface area contributed by atoms with E-state index >= 15 is 0 Å². The van der Waals surface area contributed by atoms with Crippen molar-refractivity contribution in [2.75, 3.05) is 25.0 Å². The molecule has 6 heteroatoms. The maximum atomic E-state index is 14.2. The molecule has 126 valence electrons. The fourth-order valence-corrected chi connectivity index (χ4v) is 4.13. The molecule has 2 aliphatic heterocycles. The van der Waals surface area contributed by atoms with Gasteiger partial charge in [-0.05, 0) is 37.3 Å². The lowest BCUT2D eigenvalue weighted by molar-refractivity contribution is -0.0581. The van der Waals surface area contributed by atoms with Crippen LogP contribution in [0.5, 0.6) is 0 Å². The molecule has 0 spiro atoms. The summed E-state index contributed by atoms with van der Waals surface area (Å²) in [4.78, 5) is 11.0. The number of benzene rings is 1. The van der Waals surface area contributed by atoms with Gasteiger partial charge in [0.2, 0.25) is 0 Å². The molecule has 1 aromatic carbocycles. The van der Waals surface area contributed by atoms with Gasteiger partial charge >= 0.3 is 0 Å². The number of fused-ring (bicyclic) bond motifs is 2. The second-order valence-electron chi connectivity index (χ2n) is 7.25. The van der Waals surface area contributed by atoms with Crippen molar-refractivity contribution in [3.05, 3.63) is 30.3 Å². The molecule has 1 saturated carbocycles. The number of anilines is 1. The summed E-state index contributed by atoms with van der Waals surface area (Å²) in [6.07, 6.45) is 5.56. The van der Waals surface area contributed by atoms with Gasteiger partial charge in [0.05, 0.1) is 23.6 Å². The van der Waals surface area contributed by atoms with Gasteiger partial charge in [-0.1, -0.05) is 6.07 Å². The third-order valence-electron chi connectivity index (χ3n) is 5.55. The molecule has 2 aromatic rings. The van der Waals surface area contributed by atoms with Crippen molar-refractivity contribution in [3.8, 4) is 0 Å². The Morgan fingerprint density at radius 1 is 1.21 bits per heavy atom. The van der Waals surface area contributed by atoms with Crippen LogP contribution in [0.25, 0.3) is 10.9 Å². The fraction of sp³-hybridized carbons (Fsp3) is 0.556.